The van der Waals surface area contributed by atoms with Gasteiger partial charge in [0.15, 0.2) is 17.3 Å². The summed E-state index contributed by atoms with van der Waals surface area (Å²) in [6, 6.07) is 4.35. The summed E-state index contributed by atoms with van der Waals surface area (Å²) < 4.78 is 18.6. The van der Waals surface area contributed by atoms with Crippen molar-refractivity contribution in [1.82, 2.24) is 0 Å². The van der Waals surface area contributed by atoms with E-state index in [0.29, 0.717) is 0 Å². The Morgan fingerprint density at radius 2 is 2.27 bits per heavy atom. The zero-order valence-electron chi connectivity index (χ0n) is 8.50. The molecule has 0 saturated heterocycles. The maximum absolute atomic E-state index is 13.6. The van der Waals surface area contributed by atoms with E-state index in [0.717, 1.165) is 0 Å². The summed E-state index contributed by atoms with van der Waals surface area (Å²) in [5.41, 5.74) is 0.0996. The summed E-state index contributed by atoms with van der Waals surface area (Å²) in [6.45, 7) is 3.23. The summed E-state index contributed by atoms with van der Waals surface area (Å²) in [6.07, 6.45) is 0. The summed E-state index contributed by atoms with van der Waals surface area (Å²) >= 11 is 0. The molecule has 0 aliphatic heterocycles. The minimum Gasteiger partial charge on any atom is -0.491 e. The van der Waals surface area contributed by atoms with Crippen LogP contribution in [-0.2, 0) is 0 Å². The first-order valence-corrected chi connectivity index (χ1v) is 4.47. The Labute approximate surface area is 87.1 Å². The first kappa shape index (κ1) is 11.2. The second kappa shape index (κ2) is 4.56. The Morgan fingerprint density at radius 3 is 2.73 bits per heavy atom. The van der Waals surface area contributed by atoms with Crippen LogP contribution in [0.25, 0.3) is 0 Å². The number of hydrogen-bond donors (Lipinski definition) is 0. The highest BCUT2D eigenvalue weighted by Gasteiger charge is 2.14. The lowest BCUT2D eigenvalue weighted by atomic mass is 10.1. The highest BCUT2D eigenvalue weighted by Crippen LogP contribution is 2.23. The first-order valence-electron chi connectivity index (χ1n) is 4.47. The van der Waals surface area contributed by atoms with E-state index in [1.165, 1.54) is 19.1 Å². The number of carbonyl (C=O) groups excluding carboxylic acids is 1. The summed E-state index contributed by atoms with van der Waals surface area (Å²) in [7, 11) is 0. The Hall–Kier alpha value is -1.89. The van der Waals surface area contributed by atoms with Crippen molar-refractivity contribution in [3.05, 3.63) is 29.1 Å². The third kappa shape index (κ3) is 2.32. The Balaban J connectivity index is 3.35. The van der Waals surface area contributed by atoms with Gasteiger partial charge >= 0.3 is 0 Å². The van der Waals surface area contributed by atoms with Crippen molar-refractivity contribution < 1.29 is 13.9 Å². The number of ketones is 1. The van der Waals surface area contributed by atoms with Crippen LogP contribution in [0.15, 0.2) is 12.1 Å². The molecule has 0 amide bonds. The van der Waals surface area contributed by atoms with Gasteiger partial charge in [-0.05, 0) is 19.9 Å². The average Bonchev–Trinajstić information content (AvgIpc) is 2.21. The van der Waals surface area contributed by atoms with Crippen molar-refractivity contribution in [2.75, 3.05) is 6.61 Å². The molecular weight excluding hydrogens is 197 g/mol. The van der Waals surface area contributed by atoms with Gasteiger partial charge in [0.1, 0.15) is 0 Å². The van der Waals surface area contributed by atoms with E-state index in [-0.39, 0.29) is 23.5 Å². The molecule has 0 bridgehead atoms. The number of carbonyl (C=O) groups is 1. The number of benzene rings is 1. The third-order valence-corrected chi connectivity index (χ3v) is 1.85. The molecule has 0 saturated carbocycles. The SMILES string of the molecule is CCOc1cc(C#N)cc(C(C)=O)c1F. The van der Waals surface area contributed by atoms with Gasteiger partial charge < -0.3 is 4.74 Å². The fraction of sp³-hybridized carbons (Fsp3) is 0.273. The van der Waals surface area contributed by atoms with Gasteiger partial charge in [-0.2, -0.15) is 5.26 Å². The zero-order chi connectivity index (χ0) is 11.4. The van der Waals surface area contributed by atoms with Gasteiger partial charge in [0.25, 0.3) is 0 Å². The molecule has 0 atom stereocenters. The van der Waals surface area contributed by atoms with E-state index in [1.807, 2.05) is 6.07 Å². The van der Waals surface area contributed by atoms with E-state index in [1.54, 1.807) is 6.92 Å². The molecule has 0 N–H and O–H groups in total. The fourth-order valence-corrected chi connectivity index (χ4v) is 1.18. The van der Waals surface area contributed by atoms with Gasteiger partial charge in [0.2, 0.25) is 0 Å². The lowest BCUT2D eigenvalue weighted by molar-refractivity contribution is 0.101. The summed E-state index contributed by atoms with van der Waals surface area (Å²) in [5, 5.41) is 8.69. The number of halogens is 1. The van der Waals surface area contributed by atoms with E-state index in [4.69, 9.17) is 10.00 Å². The van der Waals surface area contributed by atoms with Crippen molar-refractivity contribution in [1.29, 1.82) is 5.26 Å². The summed E-state index contributed by atoms with van der Waals surface area (Å²) in [5.74, 6) is -1.18. The third-order valence-electron chi connectivity index (χ3n) is 1.85. The monoisotopic (exact) mass is 207 g/mol. The predicted octanol–water partition coefficient (Wildman–Crippen LogP) is 2.30. The number of rotatable bonds is 3. The Kier molecular flexibility index (Phi) is 3.40. The second-order valence-electron chi connectivity index (χ2n) is 2.94. The highest BCUT2D eigenvalue weighted by atomic mass is 19.1. The van der Waals surface area contributed by atoms with Crippen molar-refractivity contribution in [2.45, 2.75) is 13.8 Å². The number of Topliss-reactive ketones (excluding diaryl/α,β-unsaturated/α-hetero) is 1. The van der Waals surface area contributed by atoms with Gasteiger partial charge in [-0.1, -0.05) is 0 Å². The van der Waals surface area contributed by atoms with E-state index >= 15 is 0 Å². The van der Waals surface area contributed by atoms with E-state index < -0.39 is 11.6 Å². The molecule has 1 rings (SSSR count). The van der Waals surface area contributed by atoms with Gasteiger partial charge in [-0.25, -0.2) is 4.39 Å². The zero-order valence-corrected chi connectivity index (χ0v) is 8.50. The van der Waals surface area contributed by atoms with Crippen molar-refractivity contribution in [2.24, 2.45) is 0 Å². The van der Waals surface area contributed by atoms with Crippen LogP contribution in [0.4, 0.5) is 4.39 Å². The Morgan fingerprint density at radius 1 is 1.60 bits per heavy atom. The van der Waals surface area contributed by atoms with Crippen molar-refractivity contribution in [3.8, 4) is 11.8 Å². The molecule has 3 nitrogen and oxygen atoms in total. The predicted molar refractivity (Wildman–Crippen MR) is 52.3 cm³/mol. The molecule has 1 aromatic rings. The fourth-order valence-electron chi connectivity index (χ4n) is 1.18. The molecule has 0 aliphatic carbocycles. The molecule has 0 aromatic heterocycles. The molecule has 4 heteroatoms. The minimum absolute atomic E-state index is 0.0539. The maximum Gasteiger partial charge on any atom is 0.175 e. The lowest BCUT2D eigenvalue weighted by Crippen LogP contribution is -2.03. The van der Waals surface area contributed by atoms with Gasteiger partial charge in [-0.3, -0.25) is 4.79 Å². The molecule has 0 heterocycles. The Bertz CT molecular complexity index is 435. The van der Waals surface area contributed by atoms with Crippen LogP contribution in [0.2, 0.25) is 0 Å². The molecule has 0 aliphatic rings. The van der Waals surface area contributed by atoms with Gasteiger partial charge in [0, 0.05) is 6.07 Å². The molecule has 0 radical (unpaired) electrons. The standard InChI is InChI=1S/C11H10FNO2/c1-3-15-10-5-8(6-13)4-9(7(2)14)11(10)12/h4-5H,3H2,1-2H3. The van der Waals surface area contributed by atoms with Crippen molar-refractivity contribution >= 4 is 5.78 Å². The van der Waals surface area contributed by atoms with E-state index in [2.05, 4.69) is 0 Å². The van der Waals surface area contributed by atoms with Crippen LogP contribution in [0.5, 0.6) is 5.75 Å². The largest absolute Gasteiger partial charge is 0.491 e. The van der Waals surface area contributed by atoms with Gasteiger partial charge in [-0.15, -0.1) is 0 Å². The summed E-state index contributed by atoms with van der Waals surface area (Å²) in [4.78, 5) is 11.1. The molecule has 15 heavy (non-hydrogen) atoms. The number of hydrogen-bond acceptors (Lipinski definition) is 3. The minimum atomic E-state index is -0.705. The second-order valence-corrected chi connectivity index (χ2v) is 2.94. The van der Waals surface area contributed by atoms with Crippen molar-refractivity contribution in [3.63, 3.8) is 0 Å². The molecule has 0 fully saturated rings. The van der Waals surface area contributed by atoms with Crippen LogP contribution < -0.4 is 4.74 Å². The van der Waals surface area contributed by atoms with Gasteiger partial charge in [0.05, 0.1) is 23.8 Å². The van der Waals surface area contributed by atoms with Crippen LogP contribution >= 0.6 is 0 Å². The van der Waals surface area contributed by atoms with Crippen LogP contribution in [0, 0.1) is 17.1 Å². The van der Waals surface area contributed by atoms with E-state index in [9.17, 15) is 9.18 Å². The average molecular weight is 207 g/mol. The lowest BCUT2D eigenvalue weighted by Gasteiger charge is -2.07. The van der Waals surface area contributed by atoms with Crippen LogP contribution in [-0.4, -0.2) is 12.4 Å². The number of nitrogens with zero attached hydrogens (tertiary/aromatic N) is 1. The molecule has 0 unspecified atom stereocenters. The van der Waals surface area contributed by atoms with Crippen LogP contribution in [0.3, 0.4) is 0 Å². The molecule has 78 valence electrons. The normalized spacial score (nSPS) is 9.47. The molecule has 1 aromatic carbocycles. The number of ether oxygens (including phenoxy) is 1. The maximum atomic E-state index is 13.6. The first-order chi connectivity index (χ1) is 7.10. The molecule has 0 spiro atoms. The quantitative estimate of drug-likeness (QED) is 0.714. The molecular formula is C11H10FNO2. The van der Waals surface area contributed by atoms with Crippen LogP contribution in [0.1, 0.15) is 29.8 Å². The topological polar surface area (TPSA) is 50.1 Å². The number of nitriles is 1. The highest BCUT2D eigenvalue weighted by molar-refractivity contribution is 5.95. The smallest absolute Gasteiger partial charge is 0.175 e.